The molecule has 0 saturated heterocycles. The molecule has 0 radical (unpaired) electrons. The van der Waals surface area contributed by atoms with E-state index in [1.807, 2.05) is 0 Å². The maximum absolute atomic E-state index is 2.51. The summed E-state index contributed by atoms with van der Waals surface area (Å²) in [5.74, 6) is 0. The molecule has 1 rings (SSSR count). The van der Waals surface area contributed by atoms with Crippen LogP contribution in [0, 0.1) is 0 Å². The quantitative estimate of drug-likeness (QED) is 0.391. The average molecular weight is 299 g/mol. The molecule has 0 N–H and O–H groups in total. The van der Waals surface area contributed by atoms with E-state index in [1.165, 1.54) is 56.9 Å². The summed E-state index contributed by atoms with van der Waals surface area (Å²) in [6.45, 7) is 9.17. The van der Waals surface area contributed by atoms with Gasteiger partial charge in [0.2, 0.25) is 0 Å². The Balaban J connectivity index is 3.34. The monoisotopic (exact) mass is 298 g/mol. The second-order valence-electron chi connectivity index (χ2n) is 6.09. The fraction of sp³-hybridized carbons (Fsp3) is 0.545. The van der Waals surface area contributed by atoms with Gasteiger partial charge in [0, 0.05) is 0 Å². The van der Waals surface area contributed by atoms with Gasteiger partial charge in [0.05, 0.1) is 0 Å². The molecule has 0 atom stereocenters. The van der Waals surface area contributed by atoms with E-state index in [0.29, 0.717) is 0 Å². The van der Waals surface area contributed by atoms with Crippen molar-refractivity contribution < 1.29 is 0 Å². The van der Waals surface area contributed by atoms with E-state index in [1.54, 1.807) is 16.7 Å². The fourth-order valence-electron chi connectivity index (χ4n) is 3.08. The summed E-state index contributed by atoms with van der Waals surface area (Å²) in [5, 5.41) is 0. The van der Waals surface area contributed by atoms with E-state index in [4.69, 9.17) is 0 Å². The van der Waals surface area contributed by atoms with Crippen molar-refractivity contribution in [3.8, 4) is 0 Å². The average Bonchev–Trinajstić information content (AvgIpc) is 2.56. The van der Waals surface area contributed by atoms with E-state index < -0.39 is 0 Å². The molecule has 0 saturated carbocycles. The first kappa shape index (κ1) is 18.7. The Bertz CT molecular complexity index is 462. The second kappa shape index (κ2) is 11.3. The molecule has 0 fully saturated rings. The van der Waals surface area contributed by atoms with Gasteiger partial charge in [-0.25, -0.2) is 0 Å². The number of allylic oxidation sites excluding steroid dienone is 4. The zero-order valence-electron chi connectivity index (χ0n) is 15.1. The minimum atomic E-state index is 1.19. The summed E-state index contributed by atoms with van der Waals surface area (Å²) < 4.78 is 0. The van der Waals surface area contributed by atoms with Crippen LogP contribution in [0.1, 0.15) is 84.6 Å². The summed E-state index contributed by atoms with van der Waals surface area (Å²) in [4.78, 5) is 0. The van der Waals surface area contributed by atoms with Crippen LogP contribution in [0.5, 0.6) is 0 Å². The van der Waals surface area contributed by atoms with Crippen LogP contribution >= 0.6 is 0 Å². The molecule has 0 aliphatic carbocycles. The highest BCUT2D eigenvalue weighted by Gasteiger charge is 2.12. The predicted octanol–water partition coefficient (Wildman–Crippen LogP) is 7.57. The smallest absolute Gasteiger partial charge is 0.0222 e. The third kappa shape index (κ3) is 5.83. The van der Waals surface area contributed by atoms with E-state index in [2.05, 4.69) is 64.1 Å². The number of hydrogen-bond donors (Lipinski definition) is 0. The maximum Gasteiger partial charge on any atom is -0.0222 e. The van der Waals surface area contributed by atoms with Crippen LogP contribution in [0.4, 0.5) is 0 Å². The highest BCUT2D eigenvalue weighted by Crippen LogP contribution is 2.33. The van der Waals surface area contributed by atoms with Crippen LogP contribution in [0.2, 0.25) is 0 Å². The van der Waals surface area contributed by atoms with Crippen molar-refractivity contribution in [1.29, 1.82) is 0 Å². The summed E-state index contributed by atoms with van der Waals surface area (Å²) in [6, 6.07) is 11.0. The summed E-state index contributed by atoms with van der Waals surface area (Å²) in [6.07, 6.45) is 12.2. The number of hydrogen-bond acceptors (Lipinski definition) is 0. The van der Waals surface area contributed by atoms with Crippen molar-refractivity contribution in [2.24, 2.45) is 0 Å². The van der Waals surface area contributed by atoms with Crippen molar-refractivity contribution in [3.63, 3.8) is 0 Å². The van der Waals surface area contributed by atoms with Gasteiger partial charge in [-0.3, -0.25) is 0 Å². The Morgan fingerprint density at radius 1 is 0.773 bits per heavy atom. The summed E-state index contributed by atoms with van der Waals surface area (Å²) in [7, 11) is 0. The lowest BCUT2D eigenvalue weighted by Crippen LogP contribution is -1.98. The van der Waals surface area contributed by atoms with Crippen molar-refractivity contribution in [3.05, 3.63) is 53.1 Å². The minimum absolute atomic E-state index is 1.19. The van der Waals surface area contributed by atoms with Crippen LogP contribution in [-0.2, 0) is 0 Å². The van der Waals surface area contributed by atoms with Gasteiger partial charge in [0.1, 0.15) is 0 Å². The lowest BCUT2D eigenvalue weighted by atomic mass is 9.87. The minimum Gasteiger partial charge on any atom is -0.0810 e. The topological polar surface area (TPSA) is 0 Å². The molecular weight excluding hydrogens is 264 g/mol. The van der Waals surface area contributed by atoms with E-state index in [-0.39, 0.29) is 0 Å². The third-order valence-corrected chi connectivity index (χ3v) is 4.07. The van der Waals surface area contributed by atoms with E-state index in [0.717, 1.165) is 0 Å². The van der Waals surface area contributed by atoms with Crippen molar-refractivity contribution in [1.82, 2.24) is 0 Å². The summed E-state index contributed by atoms with van der Waals surface area (Å²) in [5.41, 5.74) is 6.25. The first-order chi connectivity index (χ1) is 10.8. The molecule has 0 heterocycles. The Kier molecular flexibility index (Phi) is 9.62. The first-order valence-corrected chi connectivity index (χ1v) is 9.25. The lowest BCUT2D eigenvalue weighted by Gasteiger charge is -2.19. The lowest BCUT2D eigenvalue weighted by molar-refractivity contribution is 0.831. The second-order valence-corrected chi connectivity index (χ2v) is 6.09. The van der Waals surface area contributed by atoms with Gasteiger partial charge in [0.15, 0.2) is 0 Å². The molecule has 0 aliphatic heterocycles. The Labute approximate surface area is 138 Å². The third-order valence-electron chi connectivity index (χ3n) is 4.07. The fourth-order valence-corrected chi connectivity index (χ4v) is 3.08. The van der Waals surface area contributed by atoms with Gasteiger partial charge in [-0.2, -0.15) is 0 Å². The Hall–Kier alpha value is -1.30. The molecule has 22 heavy (non-hydrogen) atoms. The van der Waals surface area contributed by atoms with E-state index >= 15 is 0 Å². The number of unbranched alkanes of at least 4 members (excludes halogenated alkanes) is 1. The highest BCUT2D eigenvalue weighted by molar-refractivity contribution is 5.72. The molecule has 0 spiro atoms. The zero-order chi connectivity index (χ0) is 16.2. The molecular formula is C22H34. The molecule has 122 valence electrons. The number of rotatable bonds is 10. The highest BCUT2D eigenvalue weighted by atomic mass is 14.2. The van der Waals surface area contributed by atoms with Gasteiger partial charge in [-0.05, 0) is 48.0 Å². The van der Waals surface area contributed by atoms with Crippen molar-refractivity contribution in [2.75, 3.05) is 0 Å². The Morgan fingerprint density at radius 3 is 1.95 bits per heavy atom. The van der Waals surface area contributed by atoms with Gasteiger partial charge < -0.3 is 0 Å². The van der Waals surface area contributed by atoms with Crippen molar-refractivity contribution in [2.45, 2.75) is 79.1 Å². The standard InChI is InChI=1S/C22H34/c1-5-9-16-19(13-6-2)21(14-7-3)22(15-8-4)20-17-11-10-12-18-20/h10-12,16-18H,5-9,13-15H2,1-4H3/b19-16+,22-21+. The molecule has 0 aromatic heterocycles. The van der Waals surface area contributed by atoms with Crippen LogP contribution in [0.25, 0.3) is 5.57 Å². The molecule has 1 aromatic carbocycles. The predicted molar refractivity (Wildman–Crippen MR) is 101 cm³/mol. The molecule has 0 bridgehead atoms. The van der Waals surface area contributed by atoms with Gasteiger partial charge in [-0.1, -0.05) is 89.8 Å². The summed E-state index contributed by atoms with van der Waals surface area (Å²) >= 11 is 0. The maximum atomic E-state index is 2.51. The number of benzene rings is 1. The molecule has 0 aliphatic rings. The molecule has 1 aromatic rings. The van der Waals surface area contributed by atoms with Crippen LogP contribution in [0.3, 0.4) is 0 Å². The molecule has 0 unspecified atom stereocenters. The van der Waals surface area contributed by atoms with Gasteiger partial charge >= 0.3 is 0 Å². The largest absolute Gasteiger partial charge is 0.0810 e. The first-order valence-electron chi connectivity index (χ1n) is 9.25. The molecule has 0 nitrogen and oxygen atoms in total. The van der Waals surface area contributed by atoms with Crippen LogP contribution in [0.15, 0.2) is 47.6 Å². The molecule has 0 heteroatoms. The zero-order valence-corrected chi connectivity index (χ0v) is 15.1. The van der Waals surface area contributed by atoms with Gasteiger partial charge in [-0.15, -0.1) is 0 Å². The molecule has 0 amide bonds. The normalized spacial score (nSPS) is 13.2. The van der Waals surface area contributed by atoms with E-state index in [9.17, 15) is 0 Å². The van der Waals surface area contributed by atoms with Crippen LogP contribution < -0.4 is 0 Å². The SMILES string of the molecule is CCC/C=C(CCC)/C(CCC)=C(\CCC)c1ccccc1. The van der Waals surface area contributed by atoms with Crippen molar-refractivity contribution >= 4 is 5.57 Å². The van der Waals surface area contributed by atoms with Crippen LogP contribution in [-0.4, -0.2) is 0 Å². The Morgan fingerprint density at radius 2 is 1.41 bits per heavy atom. The van der Waals surface area contributed by atoms with Gasteiger partial charge in [0.25, 0.3) is 0 Å².